The molecule has 12 aromatic carbocycles. The van der Waals surface area contributed by atoms with E-state index in [4.69, 9.17) is 14.2 Å². The van der Waals surface area contributed by atoms with Crippen molar-refractivity contribution in [3.63, 3.8) is 0 Å². The van der Waals surface area contributed by atoms with Crippen molar-refractivity contribution in [3.8, 4) is 51.0 Å². The van der Waals surface area contributed by atoms with Crippen LogP contribution in [0.3, 0.4) is 0 Å². The molecular weight excluding hydrogens is 1060 g/mol. The Balaban J connectivity index is 0.0000000960. The predicted molar refractivity (Wildman–Crippen MR) is 352 cm³/mol. The van der Waals surface area contributed by atoms with Crippen molar-refractivity contribution in [2.45, 2.75) is 78.0 Å². The lowest BCUT2D eigenvalue weighted by atomic mass is 9.80. The van der Waals surface area contributed by atoms with Crippen LogP contribution in [0.2, 0.25) is 0 Å². The fourth-order valence-electron chi connectivity index (χ4n) is 16.6. The van der Waals surface area contributed by atoms with Gasteiger partial charge in [0.15, 0.2) is 12.4 Å². The van der Waals surface area contributed by atoms with Crippen LogP contribution in [-0.4, -0.2) is 0 Å². The van der Waals surface area contributed by atoms with Crippen LogP contribution in [0.4, 0.5) is 0 Å². The first-order chi connectivity index (χ1) is 42.4. The summed E-state index contributed by atoms with van der Waals surface area (Å²) in [5.74, 6) is 3.14. The fourth-order valence-corrected chi connectivity index (χ4v) is 16.6. The quantitative estimate of drug-likeness (QED) is 0.0863. The van der Waals surface area contributed by atoms with Gasteiger partial charge in [-0.2, -0.15) is 13.7 Å². The van der Waals surface area contributed by atoms with Crippen LogP contribution in [0.1, 0.15) is 74.9 Å². The minimum Gasteiger partial charge on any atom is -0.434 e. The van der Waals surface area contributed by atoms with Gasteiger partial charge < -0.3 is 14.2 Å². The molecule has 0 radical (unpaired) electrons. The lowest BCUT2D eigenvalue weighted by molar-refractivity contribution is -0.717. The summed E-state index contributed by atoms with van der Waals surface area (Å²) < 4.78 is 26.2. The molecule has 0 saturated heterocycles. The molecule has 3 aliphatic heterocycles. The van der Waals surface area contributed by atoms with Gasteiger partial charge in [0.05, 0.1) is 16.7 Å². The third-order valence-electron chi connectivity index (χ3n) is 20.9. The minimum absolute atomic E-state index is 0.0126. The smallest absolute Gasteiger partial charge is 0.293 e. The first-order valence-electron chi connectivity index (χ1n) is 30.7. The van der Waals surface area contributed by atoms with Gasteiger partial charge in [-0.1, -0.05) is 175 Å². The van der Waals surface area contributed by atoms with Crippen LogP contribution >= 0.6 is 0 Å². The van der Waals surface area contributed by atoms with Gasteiger partial charge in [-0.3, -0.25) is 0 Å². The molecule has 0 bridgehead atoms. The van der Waals surface area contributed by atoms with E-state index in [1.165, 1.54) is 164 Å². The Bertz CT molecular complexity index is 5680. The normalized spacial score (nSPS) is 15.7. The number of pyridine rings is 3. The molecular formula is C81H60N3O3+3. The monoisotopic (exact) mass is 1120 g/mol. The second-order valence-electron chi connectivity index (χ2n) is 26.5. The molecule has 87 heavy (non-hydrogen) atoms. The van der Waals surface area contributed by atoms with E-state index in [9.17, 15) is 0 Å². The Morgan fingerprint density at radius 2 is 0.747 bits per heavy atom. The maximum atomic E-state index is 6.60. The Labute approximate surface area is 503 Å². The third-order valence-corrected chi connectivity index (χ3v) is 20.9. The van der Waals surface area contributed by atoms with Crippen LogP contribution in [0.25, 0.3) is 131 Å². The number of hydrogen-bond donors (Lipinski definition) is 0. The lowest BCUT2D eigenvalue weighted by Crippen LogP contribution is -2.42. The molecule has 0 amide bonds. The van der Waals surface area contributed by atoms with E-state index < -0.39 is 0 Å². The Kier molecular flexibility index (Phi) is 9.63. The molecule has 3 aliphatic carbocycles. The van der Waals surface area contributed by atoms with E-state index in [0.717, 1.165) is 17.2 Å². The average molecular weight is 1120 g/mol. The van der Waals surface area contributed by atoms with Gasteiger partial charge >= 0.3 is 0 Å². The zero-order valence-electron chi connectivity index (χ0n) is 49.5. The first kappa shape index (κ1) is 49.1. The highest BCUT2D eigenvalue weighted by Crippen LogP contribution is 2.59. The molecule has 0 unspecified atom stereocenters. The molecule has 414 valence electrons. The van der Waals surface area contributed by atoms with Gasteiger partial charge in [0.25, 0.3) is 20.2 Å². The number of aromatic nitrogens is 3. The fraction of sp³-hybridized carbons (Fsp3) is 0.148. The van der Waals surface area contributed by atoms with Gasteiger partial charge in [-0.15, -0.1) is 0 Å². The Morgan fingerprint density at radius 3 is 1.32 bits per heavy atom. The number of hydrogen-bond acceptors (Lipinski definition) is 3. The van der Waals surface area contributed by atoms with Crippen molar-refractivity contribution >= 4 is 97.1 Å². The molecule has 0 spiro atoms. The molecule has 6 nitrogen and oxygen atoms in total. The van der Waals surface area contributed by atoms with E-state index in [-0.39, 0.29) is 16.2 Å². The summed E-state index contributed by atoms with van der Waals surface area (Å²) in [6.07, 6.45) is 4.37. The van der Waals surface area contributed by atoms with Crippen LogP contribution in [0.15, 0.2) is 219 Å². The summed E-state index contributed by atoms with van der Waals surface area (Å²) in [6, 6.07) is 75.4. The van der Waals surface area contributed by atoms with Crippen LogP contribution in [-0.2, 0) is 36.4 Å². The molecule has 0 N–H and O–H groups in total. The van der Waals surface area contributed by atoms with Crippen LogP contribution in [0.5, 0.6) is 17.2 Å². The van der Waals surface area contributed by atoms with Gasteiger partial charge in [0.1, 0.15) is 17.2 Å². The highest BCUT2D eigenvalue weighted by Gasteiger charge is 2.50. The molecule has 6 heterocycles. The molecule has 3 aromatic heterocycles. The maximum Gasteiger partial charge on any atom is 0.293 e. The number of ether oxygens (including phenoxy) is 3. The standard InChI is InChI=1S/C31H22NO.C27H20NO.C23H18NO/c1-31(2)25-16-24-22-10-6-5-7-18(22)11-12-23(24)30-28(25)29-26(31)14-21-13-19-8-3-4-9-20(19)15-27(21)32(29)17-33-30;1-27(2)22-13-21-18-9-5-3-7-16(18)11-12-20(21)26-23(22)25-24(27)19-10-6-4-8-17(19)14-28(25)15-29-26;1-23(2)18-8-5-11-24-13-25-22-16-10-9-14-6-3-4-7-15(14)17(16)12-19(23)20(22)21(18)24/h3-16H,17H2,1-2H3;3-14H,15H2,1-2H3;3-12H,13H2,1-2H3/q3*+1. The number of nitrogens with zero attached hydrogens (tertiary/aromatic N) is 3. The summed E-state index contributed by atoms with van der Waals surface area (Å²) in [6.45, 7) is 15.8. The topological polar surface area (TPSA) is 39.3 Å². The largest absolute Gasteiger partial charge is 0.434 e. The Morgan fingerprint density at radius 1 is 0.299 bits per heavy atom. The molecule has 21 rings (SSSR count). The zero-order chi connectivity index (χ0) is 58.0. The van der Waals surface area contributed by atoms with Crippen molar-refractivity contribution in [1.82, 2.24) is 0 Å². The summed E-state index contributed by atoms with van der Waals surface area (Å²) >= 11 is 0. The van der Waals surface area contributed by atoms with Crippen LogP contribution in [0, 0.1) is 0 Å². The first-order valence-corrected chi connectivity index (χ1v) is 30.7. The van der Waals surface area contributed by atoms with Crippen molar-refractivity contribution in [2.75, 3.05) is 0 Å². The highest BCUT2D eigenvalue weighted by atomic mass is 16.5. The molecule has 0 saturated carbocycles. The maximum absolute atomic E-state index is 6.60. The molecule has 0 fully saturated rings. The Hall–Kier alpha value is -10.2. The van der Waals surface area contributed by atoms with E-state index in [1.54, 1.807) is 0 Å². The van der Waals surface area contributed by atoms with Crippen molar-refractivity contribution in [2.24, 2.45) is 0 Å². The third kappa shape index (κ3) is 6.47. The van der Waals surface area contributed by atoms with E-state index in [0.29, 0.717) is 20.2 Å². The zero-order valence-corrected chi connectivity index (χ0v) is 49.5. The number of fused-ring (bicyclic) bond motifs is 17. The second-order valence-corrected chi connectivity index (χ2v) is 26.5. The number of benzene rings is 12. The summed E-state index contributed by atoms with van der Waals surface area (Å²) in [4.78, 5) is 0. The predicted octanol–water partition coefficient (Wildman–Crippen LogP) is 18.3. The molecule has 6 heteroatoms. The summed E-state index contributed by atoms with van der Waals surface area (Å²) in [5, 5.41) is 21.7. The van der Waals surface area contributed by atoms with E-state index in [1.807, 2.05) is 0 Å². The minimum atomic E-state index is -0.0974. The molecule has 0 atom stereocenters. The van der Waals surface area contributed by atoms with Crippen molar-refractivity contribution < 1.29 is 27.9 Å². The highest BCUT2D eigenvalue weighted by molar-refractivity contribution is 6.16. The SMILES string of the molecule is CC1(C)c2cc3c(ccc4ccccc43)c3c2-c2c1c1ccccc1c[n+]2CO3.CC1(C)c2cc3c(ccc4ccccc43)c3c2-c2c1cc1cc4ccccc4cc1[n+]2CO3.CC1(C)c2cc3c(ccc4ccccc43)c3c2-c2c1ccc[n+]2CO3. The molecule has 6 aliphatic rings. The van der Waals surface area contributed by atoms with Crippen LogP contribution < -0.4 is 27.9 Å². The van der Waals surface area contributed by atoms with Gasteiger partial charge in [0, 0.05) is 72.0 Å². The summed E-state index contributed by atoms with van der Waals surface area (Å²) in [5.41, 5.74) is 17.2. The number of rotatable bonds is 0. The van der Waals surface area contributed by atoms with E-state index >= 15 is 0 Å². The van der Waals surface area contributed by atoms with Crippen molar-refractivity contribution in [3.05, 3.63) is 252 Å². The molecule has 15 aromatic rings. The van der Waals surface area contributed by atoms with Gasteiger partial charge in [-0.25, -0.2) is 0 Å². The van der Waals surface area contributed by atoms with E-state index in [2.05, 4.69) is 274 Å². The van der Waals surface area contributed by atoms with Gasteiger partial charge in [-0.05, 0) is 142 Å². The van der Waals surface area contributed by atoms with Crippen molar-refractivity contribution in [1.29, 1.82) is 0 Å². The summed E-state index contributed by atoms with van der Waals surface area (Å²) in [7, 11) is 0. The second kappa shape index (κ2) is 17.0. The lowest BCUT2D eigenvalue weighted by Gasteiger charge is -2.22. The van der Waals surface area contributed by atoms with Gasteiger partial charge in [0.2, 0.25) is 22.6 Å². The average Bonchev–Trinajstić information content (AvgIpc) is 1.60.